The van der Waals surface area contributed by atoms with E-state index < -0.39 is 0 Å². The highest BCUT2D eigenvalue weighted by molar-refractivity contribution is 5.39. The van der Waals surface area contributed by atoms with E-state index in [9.17, 15) is 0 Å². The normalized spacial score (nSPS) is 22.6. The molecule has 21 heavy (non-hydrogen) atoms. The fourth-order valence-electron chi connectivity index (χ4n) is 3.81. The van der Waals surface area contributed by atoms with Crippen LogP contribution >= 0.6 is 0 Å². The van der Waals surface area contributed by atoms with Crippen molar-refractivity contribution < 1.29 is 4.74 Å². The molecule has 1 heterocycles. The van der Waals surface area contributed by atoms with Gasteiger partial charge in [-0.15, -0.1) is 0 Å². The Balaban J connectivity index is 1.51. The number of rotatable bonds is 4. The van der Waals surface area contributed by atoms with E-state index in [1.165, 1.54) is 36.8 Å². The molecular formula is C19H29NO. The van der Waals surface area contributed by atoms with Crippen molar-refractivity contribution in [1.29, 1.82) is 0 Å². The van der Waals surface area contributed by atoms with Gasteiger partial charge in [-0.05, 0) is 67.1 Å². The first kappa shape index (κ1) is 14.9. The molecule has 116 valence electrons. The van der Waals surface area contributed by atoms with Crippen molar-refractivity contribution in [2.24, 2.45) is 17.1 Å². The Bertz CT molecular complexity index is 484. The van der Waals surface area contributed by atoms with Gasteiger partial charge in [0.25, 0.3) is 0 Å². The molecule has 2 heteroatoms. The van der Waals surface area contributed by atoms with Crippen molar-refractivity contribution in [2.75, 3.05) is 6.61 Å². The lowest BCUT2D eigenvalue weighted by molar-refractivity contribution is 0.170. The molecule has 1 fully saturated rings. The van der Waals surface area contributed by atoms with Crippen LogP contribution in [0.3, 0.4) is 0 Å². The van der Waals surface area contributed by atoms with E-state index >= 15 is 0 Å². The minimum Gasteiger partial charge on any atom is -0.493 e. The summed E-state index contributed by atoms with van der Waals surface area (Å²) in [7, 11) is 0. The molecule has 2 N–H and O–H groups in total. The largest absolute Gasteiger partial charge is 0.493 e. The molecule has 0 spiro atoms. The summed E-state index contributed by atoms with van der Waals surface area (Å²) in [6.07, 6.45) is 8.58. The van der Waals surface area contributed by atoms with Crippen LogP contribution in [0.15, 0.2) is 18.2 Å². The molecule has 1 saturated carbocycles. The standard InChI is InChI=1S/C19H29NO/c1-19(2)10-7-15(8-11-19)17(20)5-3-14-4-6-18-16(13-14)9-12-21-18/h4,6,13,15,17H,3,5,7-12,20H2,1-2H3. The third-order valence-corrected chi connectivity index (χ3v) is 5.51. The van der Waals surface area contributed by atoms with E-state index in [4.69, 9.17) is 10.5 Å². The van der Waals surface area contributed by atoms with Gasteiger partial charge in [0.2, 0.25) is 0 Å². The summed E-state index contributed by atoms with van der Waals surface area (Å²) in [5, 5.41) is 0. The second-order valence-electron chi connectivity index (χ2n) is 7.74. The molecule has 0 bridgehead atoms. The van der Waals surface area contributed by atoms with Gasteiger partial charge in [0.15, 0.2) is 0 Å². The highest BCUT2D eigenvalue weighted by atomic mass is 16.5. The fourth-order valence-corrected chi connectivity index (χ4v) is 3.81. The predicted octanol–water partition coefficient (Wildman–Crippen LogP) is 4.10. The summed E-state index contributed by atoms with van der Waals surface area (Å²) < 4.78 is 5.57. The molecule has 0 radical (unpaired) electrons. The van der Waals surface area contributed by atoms with Gasteiger partial charge in [0.1, 0.15) is 5.75 Å². The van der Waals surface area contributed by atoms with Crippen molar-refractivity contribution in [3.05, 3.63) is 29.3 Å². The Morgan fingerprint density at radius 3 is 2.81 bits per heavy atom. The lowest BCUT2D eigenvalue weighted by Crippen LogP contribution is -2.35. The topological polar surface area (TPSA) is 35.2 Å². The van der Waals surface area contributed by atoms with E-state index in [0.717, 1.165) is 37.5 Å². The second kappa shape index (κ2) is 6.00. The monoisotopic (exact) mass is 287 g/mol. The Kier molecular flexibility index (Phi) is 4.26. The molecule has 1 atom stereocenters. The molecule has 1 aromatic rings. The zero-order chi connectivity index (χ0) is 14.9. The first-order chi connectivity index (χ1) is 10.0. The van der Waals surface area contributed by atoms with Gasteiger partial charge in [-0.25, -0.2) is 0 Å². The first-order valence-electron chi connectivity index (χ1n) is 8.54. The molecule has 0 saturated heterocycles. The maximum absolute atomic E-state index is 6.47. The fraction of sp³-hybridized carbons (Fsp3) is 0.684. The Morgan fingerprint density at radius 2 is 2.05 bits per heavy atom. The van der Waals surface area contributed by atoms with Crippen LogP contribution in [0.5, 0.6) is 5.75 Å². The van der Waals surface area contributed by atoms with Crippen LogP contribution in [0.4, 0.5) is 0 Å². The number of hydrogen-bond acceptors (Lipinski definition) is 2. The van der Waals surface area contributed by atoms with Gasteiger partial charge in [0, 0.05) is 12.5 Å². The molecule has 1 aliphatic carbocycles. The van der Waals surface area contributed by atoms with Crippen LogP contribution in [0.2, 0.25) is 0 Å². The number of hydrogen-bond donors (Lipinski definition) is 1. The number of nitrogens with two attached hydrogens (primary N) is 1. The summed E-state index contributed by atoms with van der Waals surface area (Å²) in [5.74, 6) is 1.81. The van der Waals surface area contributed by atoms with E-state index in [1.54, 1.807) is 0 Å². The van der Waals surface area contributed by atoms with Crippen LogP contribution < -0.4 is 10.5 Å². The van der Waals surface area contributed by atoms with E-state index in [1.807, 2.05) is 0 Å². The molecule has 3 rings (SSSR count). The van der Waals surface area contributed by atoms with Crippen LogP contribution in [-0.4, -0.2) is 12.6 Å². The zero-order valence-corrected chi connectivity index (χ0v) is 13.5. The van der Waals surface area contributed by atoms with E-state index in [-0.39, 0.29) is 0 Å². The predicted molar refractivity (Wildman–Crippen MR) is 87.7 cm³/mol. The highest BCUT2D eigenvalue weighted by Gasteiger charge is 2.29. The number of fused-ring (bicyclic) bond motifs is 1. The number of aryl methyl sites for hydroxylation is 1. The highest BCUT2D eigenvalue weighted by Crippen LogP contribution is 2.39. The molecule has 1 unspecified atom stereocenters. The summed E-state index contributed by atoms with van der Waals surface area (Å²) in [5.41, 5.74) is 9.81. The summed E-state index contributed by atoms with van der Waals surface area (Å²) >= 11 is 0. The van der Waals surface area contributed by atoms with Crippen molar-refractivity contribution >= 4 is 0 Å². The van der Waals surface area contributed by atoms with Crippen molar-refractivity contribution in [2.45, 2.75) is 64.8 Å². The third kappa shape index (κ3) is 3.60. The Hall–Kier alpha value is -1.02. The molecule has 0 amide bonds. The van der Waals surface area contributed by atoms with E-state index in [0.29, 0.717) is 11.5 Å². The SMILES string of the molecule is CC1(C)CCC(C(N)CCc2ccc3c(c2)CCO3)CC1. The Morgan fingerprint density at radius 1 is 1.29 bits per heavy atom. The number of benzene rings is 1. The summed E-state index contributed by atoms with van der Waals surface area (Å²) in [6, 6.07) is 7.03. The van der Waals surface area contributed by atoms with Crippen molar-refractivity contribution in [1.82, 2.24) is 0 Å². The van der Waals surface area contributed by atoms with Gasteiger partial charge in [-0.2, -0.15) is 0 Å². The van der Waals surface area contributed by atoms with Gasteiger partial charge < -0.3 is 10.5 Å². The molecule has 1 aromatic carbocycles. The van der Waals surface area contributed by atoms with Gasteiger partial charge >= 0.3 is 0 Å². The van der Waals surface area contributed by atoms with Crippen LogP contribution in [0.1, 0.15) is 57.1 Å². The van der Waals surface area contributed by atoms with E-state index in [2.05, 4.69) is 32.0 Å². The molecule has 2 aliphatic rings. The maximum atomic E-state index is 6.47. The smallest absolute Gasteiger partial charge is 0.122 e. The molecule has 0 aromatic heterocycles. The summed E-state index contributed by atoms with van der Waals surface area (Å²) in [6.45, 7) is 5.62. The lowest BCUT2D eigenvalue weighted by Gasteiger charge is -2.36. The average Bonchev–Trinajstić information content (AvgIpc) is 2.92. The Labute approximate surface area is 129 Å². The van der Waals surface area contributed by atoms with Crippen molar-refractivity contribution in [3.8, 4) is 5.75 Å². The first-order valence-corrected chi connectivity index (χ1v) is 8.54. The number of ether oxygens (including phenoxy) is 1. The second-order valence-corrected chi connectivity index (χ2v) is 7.74. The van der Waals surface area contributed by atoms with Gasteiger partial charge in [-0.1, -0.05) is 26.0 Å². The average molecular weight is 287 g/mol. The maximum Gasteiger partial charge on any atom is 0.122 e. The minimum atomic E-state index is 0.366. The molecule has 1 aliphatic heterocycles. The van der Waals surface area contributed by atoms with Gasteiger partial charge in [0.05, 0.1) is 6.61 Å². The lowest BCUT2D eigenvalue weighted by atomic mass is 9.70. The third-order valence-electron chi connectivity index (χ3n) is 5.51. The van der Waals surface area contributed by atoms with Crippen LogP contribution in [-0.2, 0) is 12.8 Å². The summed E-state index contributed by atoms with van der Waals surface area (Å²) in [4.78, 5) is 0. The van der Waals surface area contributed by atoms with Crippen molar-refractivity contribution in [3.63, 3.8) is 0 Å². The van der Waals surface area contributed by atoms with Crippen LogP contribution in [0, 0.1) is 11.3 Å². The molecular weight excluding hydrogens is 258 g/mol. The van der Waals surface area contributed by atoms with Crippen LogP contribution in [0.25, 0.3) is 0 Å². The molecule has 2 nitrogen and oxygen atoms in total. The quantitative estimate of drug-likeness (QED) is 0.905. The minimum absolute atomic E-state index is 0.366. The van der Waals surface area contributed by atoms with Gasteiger partial charge in [-0.3, -0.25) is 0 Å². The zero-order valence-electron chi connectivity index (χ0n) is 13.5.